The lowest BCUT2D eigenvalue weighted by molar-refractivity contribution is 0.138. The maximum Gasteiger partial charge on any atom is 0.123 e. The molecule has 0 fully saturated rings. The van der Waals surface area contributed by atoms with E-state index in [4.69, 9.17) is 9.47 Å². The van der Waals surface area contributed by atoms with Gasteiger partial charge in [0.1, 0.15) is 23.0 Å². The van der Waals surface area contributed by atoms with E-state index in [1.54, 1.807) is 14.2 Å². The van der Waals surface area contributed by atoms with Gasteiger partial charge in [-0.3, -0.25) is 9.80 Å². The van der Waals surface area contributed by atoms with Crippen molar-refractivity contribution in [2.45, 2.75) is 190 Å². The predicted octanol–water partition coefficient (Wildman–Crippen LogP) is 13.2. The third-order valence-corrected chi connectivity index (χ3v) is 13.2. The van der Waals surface area contributed by atoms with Crippen molar-refractivity contribution in [3.8, 4) is 23.0 Å². The van der Waals surface area contributed by atoms with Crippen LogP contribution in [0.2, 0.25) is 0 Å². The highest BCUT2D eigenvalue weighted by atomic mass is 16.5. The molecule has 0 unspecified atom stereocenters. The Bertz CT molecular complexity index is 2160. The van der Waals surface area contributed by atoms with E-state index in [1.807, 2.05) is 0 Å². The summed E-state index contributed by atoms with van der Waals surface area (Å²) in [6.45, 7) is 43.0. The number of benzene rings is 4. The first-order valence-electron chi connectivity index (χ1n) is 24.4. The van der Waals surface area contributed by atoms with Gasteiger partial charge in [-0.1, -0.05) is 173 Å². The highest BCUT2D eigenvalue weighted by molar-refractivity contribution is 5.54. The number of ether oxygens (including phenoxy) is 2. The lowest BCUT2D eigenvalue weighted by atomic mass is 9.79. The van der Waals surface area contributed by atoms with E-state index in [9.17, 15) is 20.4 Å². The summed E-state index contributed by atoms with van der Waals surface area (Å²) in [5.41, 5.74) is 9.84. The molecule has 0 bridgehead atoms. The number of phenolic OH excluding ortho intramolecular Hbond substituents is 4. The SMILES string of the molecule is COCCN(Cc1cc(C(C)(C)C)cc(Cc2cc(C(C)(C)C)cc(CN(CCOC)Cc3cc(C(C)(C)C)cc(C(C)(C)C)c3O)c2O)c1O)Cc1cc(C(C)(C)C)cc(C(C)(C)C)c1O. The minimum absolute atomic E-state index is 0.122. The van der Waals surface area contributed by atoms with Crippen LogP contribution < -0.4 is 0 Å². The van der Waals surface area contributed by atoms with Crippen molar-refractivity contribution in [1.29, 1.82) is 0 Å². The first-order chi connectivity index (χ1) is 30.6. The van der Waals surface area contributed by atoms with Crippen LogP contribution >= 0.6 is 0 Å². The molecule has 8 nitrogen and oxygen atoms in total. The summed E-state index contributed by atoms with van der Waals surface area (Å²) in [5, 5.41) is 48.4. The Balaban J connectivity index is 1.85. The van der Waals surface area contributed by atoms with Crippen LogP contribution in [0.1, 0.15) is 191 Å². The van der Waals surface area contributed by atoms with Crippen molar-refractivity contribution in [2.75, 3.05) is 40.5 Å². The fourth-order valence-electron chi connectivity index (χ4n) is 8.57. The number of aromatic hydroxyl groups is 4. The summed E-state index contributed by atoms with van der Waals surface area (Å²) in [6.07, 6.45) is 0.314. The summed E-state index contributed by atoms with van der Waals surface area (Å²) >= 11 is 0. The zero-order valence-corrected chi connectivity index (χ0v) is 45.5. The highest BCUT2D eigenvalue weighted by Gasteiger charge is 2.30. The minimum atomic E-state index is -0.263. The molecule has 0 aromatic heterocycles. The molecule has 0 saturated carbocycles. The smallest absolute Gasteiger partial charge is 0.123 e. The molecule has 372 valence electrons. The Morgan fingerprint density at radius 3 is 0.821 bits per heavy atom. The molecule has 0 spiro atoms. The molecule has 0 aliphatic heterocycles. The van der Waals surface area contributed by atoms with E-state index in [0.29, 0.717) is 70.4 Å². The molecule has 0 atom stereocenters. The Labute approximate surface area is 406 Å². The van der Waals surface area contributed by atoms with Gasteiger partial charge in [0.05, 0.1) is 13.2 Å². The summed E-state index contributed by atoms with van der Waals surface area (Å²) in [7, 11) is 3.40. The van der Waals surface area contributed by atoms with E-state index >= 15 is 0 Å². The molecule has 4 aromatic carbocycles. The fraction of sp³-hybridized carbons (Fsp3) is 0.593. The van der Waals surface area contributed by atoms with Crippen molar-refractivity contribution in [2.24, 2.45) is 0 Å². The van der Waals surface area contributed by atoms with Gasteiger partial charge in [0, 0.05) is 82.2 Å². The van der Waals surface area contributed by atoms with Gasteiger partial charge in [0.2, 0.25) is 0 Å². The Hall–Kier alpha value is -4.08. The van der Waals surface area contributed by atoms with E-state index in [2.05, 4.69) is 183 Å². The molecule has 0 aliphatic carbocycles. The van der Waals surface area contributed by atoms with Crippen molar-refractivity contribution < 1.29 is 29.9 Å². The summed E-state index contributed by atoms with van der Waals surface area (Å²) < 4.78 is 11.2. The van der Waals surface area contributed by atoms with Crippen LogP contribution in [0.25, 0.3) is 0 Å². The van der Waals surface area contributed by atoms with Gasteiger partial charge in [-0.25, -0.2) is 0 Å². The first kappa shape index (κ1) is 55.5. The second-order valence-corrected chi connectivity index (χ2v) is 25.4. The molecule has 0 amide bonds. The topological polar surface area (TPSA) is 106 Å². The third kappa shape index (κ3) is 14.5. The minimum Gasteiger partial charge on any atom is -0.507 e. The molecule has 4 N–H and O–H groups in total. The number of hydrogen-bond acceptors (Lipinski definition) is 8. The van der Waals surface area contributed by atoms with E-state index in [1.165, 1.54) is 0 Å². The number of nitrogens with zero attached hydrogens (tertiary/aromatic N) is 2. The molecule has 0 saturated heterocycles. The predicted molar refractivity (Wildman–Crippen MR) is 279 cm³/mol. The summed E-state index contributed by atoms with van der Waals surface area (Å²) in [6, 6.07) is 17.0. The van der Waals surface area contributed by atoms with Crippen molar-refractivity contribution in [1.82, 2.24) is 9.80 Å². The van der Waals surface area contributed by atoms with Crippen LogP contribution in [0.3, 0.4) is 0 Å². The fourth-order valence-corrected chi connectivity index (χ4v) is 8.57. The molecule has 0 aliphatic rings. The summed E-state index contributed by atoms with van der Waals surface area (Å²) in [5.74, 6) is 1.02. The zero-order chi connectivity index (χ0) is 50.8. The maximum atomic E-state index is 12.4. The second-order valence-electron chi connectivity index (χ2n) is 25.4. The maximum absolute atomic E-state index is 12.4. The monoisotopic (exact) mass is 923 g/mol. The Morgan fingerprint density at radius 1 is 0.343 bits per heavy atom. The highest BCUT2D eigenvalue weighted by Crippen LogP contribution is 2.42. The lowest BCUT2D eigenvalue weighted by Gasteiger charge is -2.30. The number of phenols is 4. The number of methoxy groups -OCH3 is 2. The van der Waals surface area contributed by atoms with Gasteiger partial charge in [-0.15, -0.1) is 0 Å². The average molecular weight is 923 g/mol. The van der Waals surface area contributed by atoms with Gasteiger partial charge in [0.15, 0.2) is 0 Å². The molecule has 67 heavy (non-hydrogen) atoms. The van der Waals surface area contributed by atoms with Crippen LogP contribution in [0, 0.1) is 0 Å². The van der Waals surface area contributed by atoms with Gasteiger partial charge in [0.25, 0.3) is 0 Å². The second kappa shape index (κ2) is 20.9. The average Bonchev–Trinajstić information content (AvgIpc) is 3.17. The van der Waals surface area contributed by atoms with E-state index < -0.39 is 0 Å². The normalized spacial score (nSPS) is 13.3. The van der Waals surface area contributed by atoms with Gasteiger partial charge >= 0.3 is 0 Å². The third-order valence-electron chi connectivity index (χ3n) is 13.2. The molecule has 0 radical (unpaired) electrons. The van der Waals surface area contributed by atoms with Crippen molar-refractivity contribution >= 4 is 0 Å². The van der Waals surface area contributed by atoms with E-state index in [0.717, 1.165) is 66.8 Å². The van der Waals surface area contributed by atoms with Crippen LogP contribution in [0.15, 0.2) is 48.5 Å². The quantitative estimate of drug-likeness (QED) is 0.0881. The Kier molecular flexibility index (Phi) is 17.3. The molecule has 0 heterocycles. The molecular formula is C59H90N2O6. The van der Waals surface area contributed by atoms with Crippen LogP contribution in [-0.4, -0.2) is 70.7 Å². The zero-order valence-electron chi connectivity index (χ0n) is 45.5. The largest absolute Gasteiger partial charge is 0.507 e. The number of rotatable bonds is 16. The molecule has 8 heteroatoms. The number of hydrogen-bond donors (Lipinski definition) is 4. The first-order valence-corrected chi connectivity index (χ1v) is 24.4. The van der Waals surface area contributed by atoms with Crippen LogP contribution in [0.4, 0.5) is 0 Å². The standard InChI is InChI=1S/C59H90N2O6/c1-54(2,3)44-26-38(50(62)40(28-44)34-60(21-23-66-19)36-42-30-46(56(7,8)9)32-48(52(42)64)58(13,14)15)25-39-27-45(55(4,5)6)29-41(51(39)63)35-61(22-24-67-20)37-43-31-47(57(10,11)12)33-49(53(43)65)59(16,17)18/h26-33,62-65H,21-25,34-37H2,1-20H3. The van der Waals surface area contributed by atoms with Crippen LogP contribution in [-0.2, 0) is 74.6 Å². The molecule has 4 aromatic rings. The van der Waals surface area contributed by atoms with Gasteiger partial charge < -0.3 is 29.9 Å². The van der Waals surface area contributed by atoms with Crippen molar-refractivity contribution in [3.05, 3.63) is 115 Å². The van der Waals surface area contributed by atoms with Crippen LogP contribution in [0.5, 0.6) is 23.0 Å². The summed E-state index contributed by atoms with van der Waals surface area (Å²) in [4.78, 5) is 4.49. The molecule has 4 rings (SSSR count). The molecular weight excluding hydrogens is 833 g/mol. The van der Waals surface area contributed by atoms with Gasteiger partial charge in [-0.05, 0) is 77.0 Å². The van der Waals surface area contributed by atoms with Gasteiger partial charge in [-0.2, -0.15) is 0 Å². The van der Waals surface area contributed by atoms with E-state index in [-0.39, 0.29) is 44.0 Å². The van der Waals surface area contributed by atoms with Crippen molar-refractivity contribution in [3.63, 3.8) is 0 Å². The Morgan fingerprint density at radius 2 is 0.582 bits per heavy atom. The lowest BCUT2D eigenvalue weighted by Crippen LogP contribution is -2.28.